The minimum absolute atomic E-state index is 0.251. The van der Waals surface area contributed by atoms with Crippen LogP contribution in [0.25, 0.3) is 0 Å². The van der Waals surface area contributed by atoms with Crippen molar-refractivity contribution < 1.29 is 4.79 Å². The summed E-state index contributed by atoms with van der Waals surface area (Å²) in [5.41, 5.74) is 6.26. The Morgan fingerprint density at radius 2 is 2.12 bits per heavy atom. The third kappa shape index (κ3) is 4.04. The van der Waals surface area contributed by atoms with Gasteiger partial charge in [-0.3, -0.25) is 4.79 Å². The predicted octanol–water partition coefficient (Wildman–Crippen LogP) is 1.21. The first-order valence-electron chi connectivity index (χ1n) is 8.94. The molecule has 2 heterocycles. The molecule has 1 amide bonds. The lowest BCUT2D eigenvalue weighted by Crippen LogP contribution is -2.29. The van der Waals surface area contributed by atoms with Crippen LogP contribution in [0.15, 0.2) is 12.5 Å². The van der Waals surface area contributed by atoms with E-state index < -0.39 is 0 Å². The molecule has 25 heavy (non-hydrogen) atoms. The largest absolute Gasteiger partial charge is 0.341 e. The van der Waals surface area contributed by atoms with E-state index in [4.69, 9.17) is 5.73 Å². The van der Waals surface area contributed by atoms with Crippen molar-refractivity contribution in [3.8, 4) is 0 Å². The van der Waals surface area contributed by atoms with Crippen LogP contribution in [0.1, 0.15) is 74.3 Å². The van der Waals surface area contributed by atoms with Crippen molar-refractivity contribution in [3.05, 3.63) is 24.0 Å². The summed E-state index contributed by atoms with van der Waals surface area (Å²) < 4.78 is 3.75. The summed E-state index contributed by atoms with van der Waals surface area (Å²) in [6, 6.07) is 0.308. The monoisotopic (exact) mass is 346 g/mol. The van der Waals surface area contributed by atoms with Crippen molar-refractivity contribution in [1.82, 2.24) is 35.1 Å². The van der Waals surface area contributed by atoms with Gasteiger partial charge in [0.25, 0.3) is 5.91 Å². The number of hydrogen-bond donors (Lipinski definition) is 2. The lowest BCUT2D eigenvalue weighted by atomic mass is 9.92. The second-order valence-electron chi connectivity index (χ2n) is 6.73. The van der Waals surface area contributed by atoms with E-state index in [-0.39, 0.29) is 24.0 Å². The molecule has 1 aliphatic rings. The zero-order valence-electron chi connectivity index (χ0n) is 14.8. The van der Waals surface area contributed by atoms with Crippen molar-refractivity contribution in [1.29, 1.82) is 0 Å². The lowest BCUT2D eigenvalue weighted by molar-refractivity contribution is 0.0932. The van der Waals surface area contributed by atoms with Gasteiger partial charge in [-0.1, -0.05) is 12.1 Å². The molecule has 0 aliphatic heterocycles. The summed E-state index contributed by atoms with van der Waals surface area (Å²) in [6.45, 7) is 4.80. The van der Waals surface area contributed by atoms with Crippen LogP contribution in [-0.2, 0) is 6.54 Å². The number of carbonyl (C=O) groups is 1. The smallest absolute Gasteiger partial charge is 0.274 e. The van der Waals surface area contributed by atoms with Gasteiger partial charge in [-0.2, -0.15) is 0 Å². The number of carbonyl (C=O) groups excluding carboxylic acids is 1. The maximum absolute atomic E-state index is 12.5. The Morgan fingerprint density at radius 3 is 2.84 bits per heavy atom. The fourth-order valence-electron chi connectivity index (χ4n) is 3.27. The van der Waals surface area contributed by atoms with Crippen LogP contribution < -0.4 is 11.1 Å². The van der Waals surface area contributed by atoms with Gasteiger partial charge in [0, 0.05) is 12.6 Å². The SMILES string of the molecule is CCCn1cnnc1[C@H](C)NC(=O)c1cn(C2CCC(N)CC2)nn1. The van der Waals surface area contributed by atoms with Crippen molar-refractivity contribution in [3.63, 3.8) is 0 Å². The fraction of sp³-hybridized carbons (Fsp3) is 0.688. The Bertz CT molecular complexity index is 701. The molecule has 1 atom stereocenters. The molecule has 2 aromatic heterocycles. The van der Waals surface area contributed by atoms with Crippen LogP contribution in [0.3, 0.4) is 0 Å². The first-order chi connectivity index (χ1) is 12.1. The van der Waals surface area contributed by atoms with Crippen LogP contribution in [0.2, 0.25) is 0 Å². The molecule has 0 saturated heterocycles. The zero-order valence-corrected chi connectivity index (χ0v) is 14.8. The molecule has 0 radical (unpaired) electrons. The van der Waals surface area contributed by atoms with Crippen molar-refractivity contribution in [2.24, 2.45) is 5.73 Å². The molecular formula is C16H26N8O. The minimum atomic E-state index is -0.252. The molecule has 0 aromatic carbocycles. The number of aryl methyl sites for hydroxylation is 1. The highest BCUT2D eigenvalue weighted by atomic mass is 16.2. The molecule has 9 nitrogen and oxygen atoms in total. The van der Waals surface area contributed by atoms with Crippen LogP contribution in [0.4, 0.5) is 0 Å². The average molecular weight is 346 g/mol. The number of nitrogens with zero attached hydrogens (tertiary/aromatic N) is 6. The zero-order chi connectivity index (χ0) is 17.8. The number of hydrogen-bond acceptors (Lipinski definition) is 6. The molecule has 1 aliphatic carbocycles. The van der Waals surface area contributed by atoms with Crippen LogP contribution >= 0.6 is 0 Å². The van der Waals surface area contributed by atoms with Gasteiger partial charge < -0.3 is 15.6 Å². The Labute approximate surface area is 147 Å². The van der Waals surface area contributed by atoms with Gasteiger partial charge in [-0.25, -0.2) is 4.68 Å². The van der Waals surface area contributed by atoms with E-state index in [0.717, 1.165) is 44.5 Å². The molecule has 1 saturated carbocycles. The third-order valence-electron chi connectivity index (χ3n) is 4.70. The Morgan fingerprint density at radius 1 is 1.36 bits per heavy atom. The number of nitrogens with two attached hydrogens (primary N) is 1. The average Bonchev–Trinajstić information content (AvgIpc) is 3.25. The van der Waals surface area contributed by atoms with Gasteiger partial charge >= 0.3 is 0 Å². The molecule has 1 fully saturated rings. The maximum Gasteiger partial charge on any atom is 0.274 e. The van der Waals surface area contributed by atoms with Crippen molar-refractivity contribution in [2.45, 2.75) is 70.6 Å². The Hall–Kier alpha value is -2.29. The van der Waals surface area contributed by atoms with Crippen LogP contribution in [0.5, 0.6) is 0 Å². The first kappa shape index (κ1) is 17.5. The quantitative estimate of drug-likeness (QED) is 0.812. The van der Waals surface area contributed by atoms with Gasteiger partial charge in [0.1, 0.15) is 6.33 Å². The summed E-state index contributed by atoms with van der Waals surface area (Å²) in [5, 5.41) is 19.1. The summed E-state index contributed by atoms with van der Waals surface area (Å²) in [5.74, 6) is 0.487. The summed E-state index contributed by atoms with van der Waals surface area (Å²) in [7, 11) is 0. The van der Waals surface area contributed by atoms with Crippen molar-refractivity contribution in [2.75, 3.05) is 0 Å². The highest BCUT2D eigenvalue weighted by molar-refractivity contribution is 5.92. The minimum Gasteiger partial charge on any atom is -0.341 e. The fourth-order valence-corrected chi connectivity index (χ4v) is 3.27. The van der Waals surface area contributed by atoms with E-state index in [1.807, 2.05) is 11.5 Å². The second-order valence-corrected chi connectivity index (χ2v) is 6.73. The Kier molecular flexibility index (Phi) is 5.42. The number of aromatic nitrogens is 6. The first-order valence-corrected chi connectivity index (χ1v) is 8.94. The topological polar surface area (TPSA) is 117 Å². The summed E-state index contributed by atoms with van der Waals surface area (Å²) >= 11 is 0. The predicted molar refractivity (Wildman–Crippen MR) is 91.7 cm³/mol. The van der Waals surface area contributed by atoms with Gasteiger partial charge in [0.15, 0.2) is 11.5 Å². The Balaban J connectivity index is 1.62. The highest BCUT2D eigenvalue weighted by Gasteiger charge is 2.23. The molecular weight excluding hydrogens is 320 g/mol. The lowest BCUT2D eigenvalue weighted by Gasteiger charge is -2.25. The van der Waals surface area contributed by atoms with Gasteiger partial charge in [0.05, 0.1) is 18.3 Å². The summed E-state index contributed by atoms with van der Waals surface area (Å²) in [4.78, 5) is 12.5. The van der Waals surface area contributed by atoms with E-state index in [9.17, 15) is 4.79 Å². The standard InChI is InChI=1S/C16H26N8O/c1-3-8-23-10-18-21-15(23)11(2)19-16(25)14-9-24(22-20-14)13-6-4-12(17)5-7-13/h9-13H,3-8,17H2,1-2H3,(H,19,25)/t11-,12?,13?/m0/s1. The molecule has 3 N–H and O–H groups in total. The van der Waals surface area contributed by atoms with Gasteiger partial charge in [-0.15, -0.1) is 15.3 Å². The highest BCUT2D eigenvalue weighted by Crippen LogP contribution is 2.26. The normalized spacial score (nSPS) is 21.9. The third-order valence-corrected chi connectivity index (χ3v) is 4.70. The van der Waals surface area contributed by atoms with E-state index in [0.29, 0.717) is 5.69 Å². The van der Waals surface area contributed by atoms with E-state index >= 15 is 0 Å². The summed E-state index contributed by atoms with van der Waals surface area (Å²) in [6.07, 6.45) is 8.30. The van der Waals surface area contributed by atoms with Crippen LogP contribution in [-0.4, -0.2) is 41.7 Å². The van der Waals surface area contributed by atoms with E-state index in [1.165, 1.54) is 0 Å². The number of rotatable bonds is 6. The molecule has 0 bridgehead atoms. The molecule has 9 heteroatoms. The molecule has 136 valence electrons. The van der Waals surface area contributed by atoms with E-state index in [1.54, 1.807) is 17.2 Å². The molecule has 3 rings (SSSR count). The van der Waals surface area contributed by atoms with Gasteiger partial charge in [-0.05, 0) is 39.0 Å². The van der Waals surface area contributed by atoms with E-state index in [2.05, 4.69) is 32.7 Å². The molecule has 2 aromatic rings. The van der Waals surface area contributed by atoms with Crippen molar-refractivity contribution >= 4 is 5.91 Å². The molecule has 0 spiro atoms. The van der Waals surface area contributed by atoms with Crippen LogP contribution in [0, 0.1) is 0 Å². The number of nitrogens with one attached hydrogen (secondary N) is 1. The maximum atomic E-state index is 12.5. The number of amides is 1. The molecule has 0 unspecified atom stereocenters. The second kappa shape index (κ2) is 7.73. The van der Waals surface area contributed by atoms with Gasteiger partial charge in [0.2, 0.25) is 0 Å².